The zero-order valence-electron chi connectivity index (χ0n) is 43.3. The van der Waals surface area contributed by atoms with Gasteiger partial charge in [0.15, 0.2) is 0 Å². The van der Waals surface area contributed by atoms with E-state index in [1.54, 1.807) is 12.3 Å². The van der Waals surface area contributed by atoms with Gasteiger partial charge < -0.3 is 15.1 Å². The number of amides is 3. The summed E-state index contributed by atoms with van der Waals surface area (Å²) in [6.07, 6.45) is 16.5. The maximum atomic E-state index is 12.8. The number of amidine groups is 1. The number of carbonyl (C=O) groups excluding carboxylic acids is 3. The van der Waals surface area contributed by atoms with Crippen LogP contribution in [0.2, 0.25) is 0 Å². The Morgan fingerprint density at radius 3 is 2.08 bits per heavy atom. The van der Waals surface area contributed by atoms with E-state index in [0.29, 0.717) is 71.7 Å². The van der Waals surface area contributed by atoms with Gasteiger partial charge in [0.25, 0.3) is 52.3 Å². The van der Waals surface area contributed by atoms with E-state index in [1.165, 1.54) is 18.2 Å². The molecule has 0 spiro atoms. The standard InChI is InChI=1S/C53H62ClN5O15S4.Na.H/c1-52(2)42-31-38(54)34-57(25-7-9-28-75(63,64)65)51(42)56-45(52)20-16-36(37-14-11-13-35(30-37)12-5-6-15-47(60)55-24-27-59-48(61)22-23-49(59)62)17-21-46-53(3,4)50-41-32-39(77(69,70)71)33-44(78(72,73)74)40(41)18-19-43(50)58(46)26-8-10-29-76(66,67)68;;/h11,13-14,16-23,30-34,46H,5-10,12,15,24-29H2,1-4H3,(H,55,60)(H,63,64,65)(H,66,67,68)(H,69,70,71)(H,72,73,74);;. The van der Waals surface area contributed by atoms with Gasteiger partial charge in [0.1, 0.15) is 10.7 Å². The number of hydrogen-bond donors (Lipinski definition) is 5. The normalized spacial score (nSPS) is 18.8. The quantitative estimate of drug-likeness (QED) is 0.0209. The SMILES string of the molecule is CC1(C)C(=CC=C(C=CC2N(CCCCS(=O)(=O)O)c3ccc4c(S(=O)(=O)O)cc(S(=O)(=O)O)cc4c3C2(C)C)c2cccc(CCCCC(=O)NCCN3C(=O)C=CC3=O)c2)N=C2C1=CC(Cl)=CN2CCCCS(=O)(=O)O.[NaH]. The molecule has 4 aliphatic rings. The number of nitrogens with one attached hydrogen (secondary N) is 1. The van der Waals surface area contributed by atoms with Crippen molar-refractivity contribution in [3.05, 3.63) is 130 Å². The molecule has 26 heteroatoms. The number of unbranched alkanes of at least 4 members (excludes halogenated alkanes) is 3. The summed E-state index contributed by atoms with van der Waals surface area (Å²) in [6.45, 7) is 8.48. The Labute approximate surface area is 488 Å². The monoisotopic (exact) mass is 1200 g/mol. The molecule has 0 bridgehead atoms. The molecule has 1 unspecified atom stereocenters. The average molecular weight is 1200 g/mol. The van der Waals surface area contributed by atoms with Gasteiger partial charge in [0.05, 0.1) is 33.2 Å². The van der Waals surface area contributed by atoms with Gasteiger partial charge >= 0.3 is 29.6 Å². The van der Waals surface area contributed by atoms with Crippen LogP contribution >= 0.6 is 11.6 Å². The van der Waals surface area contributed by atoms with Crippen molar-refractivity contribution in [2.75, 3.05) is 42.6 Å². The molecule has 4 aliphatic heterocycles. The predicted octanol–water partition coefficient (Wildman–Crippen LogP) is 6.53. The second-order valence-corrected chi connectivity index (χ2v) is 26.9. The van der Waals surface area contributed by atoms with Crippen LogP contribution in [0.15, 0.2) is 128 Å². The van der Waals surface area contributed by atoms with Crippen LogP contribution in [0.5, 0.6) is 0 Å². The fourth-order valence-electron chi connectivity index (χ4n) is 10.2. The van der Waals surface area contributed by atoms with Crippen molar-refractivity contribution in [3.63, 3.8) is 0 Å². The van der Waals surface area contributed by atoms with E-state index in [4.69, 9.17) is 16.6 Å². The number of allylic oxidation sites excluding steroid dienone is 7. The summed E-state index contributed by atoms with van der Waals surface area (Å²) in [4.78, 5) is 44.9. The summed E-state index contributed by atoms with van der Waals surface area (Å²) >= 11 is 6.64. The van der Waals surface area contributed by atoms with Crippen LogP contribution in [-0.2, 0) is 66.7 Å². The molecule has 422 valence electrons. The Kier molecular flexibility index (Phi) is 20.1. The van der Waals surface area contributed by atoms with Crippen molar-refractivity contribution in [3.8, 4) is 0 Å². The van der Waals surface area contributed by atoms with Crippen molar-refractivity contribution in [2.45, 2.75) is 100 Å². The van der Waals surface area contributed by atoms with Gasteiger partial charge in [0, 0.05) is 78.4 Å². The number of hydrogen-bond acceptors (Lipinski definition) is 14. The summed E-state index contributed by atoms with van der Waals surface area (Å²) in [5.74, 6) is -1.36. The molecule has 0 fully saturated rings. The molecule has 79 heavy (non-hydrogen) atoms. The van der Waals surface area contributed by atoms with E-state index in [9.17, 15) is 66.3 Å². The number of anilines is 1. The zero-order valence-corrected chi connectivity index (χ0v) is 47.3. The third-order valence-corrected chi connectivity index (χ3v) is 17.7. The van der Waals surface area contributed by atoms with Gasteiger partial charge in [-0.1, -0.05) is 87.9 Å². The number of nitrogens with zero attached hydrogens (tertiary/aromatic N) is 4. The van der Waals surface area contributed by atoms with Gasteiger partial charge in [-0.05, 0) is 103 Å². The van der Waals surface area contributed by atoms with Crippen molar-refractivity contribution >= 4 is 127 Å². The predicted molar refractivity (Wildman–Crippen MR) is 304 cm³/mol. The zero-order chi connectivity index (χ0) is 57.2. The second kappa shape index (κ2) is 25.1. The van der Waals surface area contributed by atoms with E-state index < -0.39 is 90.5 Å². The van der Waals surface area contributed by atoms with Crippen LogP contribution in [0.1, 0.15) is 89.3 Å². The van der Waals surface area contributed by atoms with E-state index in [1.807, 2.05) is 92.1 Å². The van der Waals surface area contributed by atoms with Crippen LogP contribution < -0.4 is 10.2 Å². The molecule has 3 aromatic rings. The van der Waals surface area contributed by atoms with Gasteiger partial charge in [-0.2, -0.15) is 33.7 Å². The minimum atomic E-state index is -5.04. The molecular weight excluding hydrogens is 1130 g/mol. The molecular formula is C53H63ClN5NaO15S4. The number of rotatable bonds is 24. The fraction of sp³-hybridized carbons (Fsp3) is 0.396. The fourth-order valence-corrected chi connectivity index (χ4v) is 12.9. The number of carbonyl (C=O) groups is 3. The second-order valence-electron chi connectivity index (χ2n) is 20.6. The first-order chi connectivity index (χ1) is 36.3. The molecule has 3 aromatic carbocycles. The number of fused-ring (bicyclic) bond motifs is 4. The molecule has 7 rings (SSSR count). The van der Waals surface area contributed by atoms with Gasteiger partial charge in [0.2, 0.25) is 5.91 Å². The molecule has 0 aliphatic carbocycles. The first-order valence-electron chi connectivity index (χ1n) is 25.0. The summed E-state index contributed by atoms with van der Waals surface area (Å²) in [5.41, 5.74) is 3.23. The summed E-state index contributed by atoms with van der Waals surface area (Å²) in [7, 11) is -18.5. The van der Waals surface area contributed by atoms with Crippen LogP contribution in [0.3, 0.4) is 0 Å². The Bertz CT molecular complexity index is 3610. The summed E-state index contributed by atoms with van der Waals surface area (Å²) in [5, 5.41) is 3.31. The average Bonchev–Trinajstić information content (AvgIpc) is 4.16. The molecule has 1 atom stereocenters. The number of aliphatic imine (C=N–C) groups is 1. The van der Waals surface area contributed by atoms with E-state index in [2.05, 4.69) is 5.32 Å². The van der Waals surface area contributed by atoms with Crippen molar-refractivity contribution in [2.24, 2.45) is 10.4 Å². The van der Waals surface area contributed by atoms with Crippen molar-refractivity contribution in [1.82, 2.24) is 15.1 Å². The molecule has 3 amide bonds. The molecule has 0 radical (unpaired) electrons. The van der Waals surface area contributed by atoms with Gasteiger partial charge in [-0.15, -0.1) is 0 Å². The molecule has 20 nitrogen and oxygen atoms in total. The molecule has 0 saturated carbocycles. The van der Waals surface area contributed by atoms with Crippen molar-refractivity contribution in [1.29, 1.82) is 0 Å². The van der Waals surface area contributed by atoms with E-state index in [0.717, 1.165) is 27.7 Å². The third kappa shape index (κ3) is 15.6. The van der Waals surface area contributed by atoms with Crippen LogP contribution in [0, 0.1) is 5.41 Å². The Morgan fingerprint density at radius 1 is 0.785 bits per heavy atom. The Balaban J connectivity index is 0.0000101. The van der Waals surface area contributed by atoms with Gasteiger partial charge in [-0.25, -0.2) is 4.99 Å². The molecule has 4 heterocycles. The van der Waals surface area contributed by atoms with E-state index >= 15 is 0 Å². The number of imide groups is 1. The third-order valence-electron chi connectivity index (χ3n) is 14.2. The topological polar surface area (TPSA) is 303 Å². The minimum absolute atomic E-state index is 0. The van der Waals surface area contributed by atoms with Gasteiger partial charge in [-0.3, -0.25) is 37.5 Å². The van der Waals surface area contributed by atoms with Crippen molar-refractivity contribution < 1.29 is 66.3 Å². The molecule has 5 N–H and O–H groups in total. The molecule has 0 saturated heterocycles. The first-order valence-corrected chi connectivity index (χ1v) is 31.5. The van der Waals surface area contributed by atoms with Crippen LogP contribution in [-0.4, -0.2) is 159 Å². The van der Waals surface area contributed by atoms with E-state index in [-0.39, 0.29) is 91.6 Å². The van der Waals surface area contributed by atoms with Crippen LogP contribution in [0.4, 0.5) is 5.69 Å². The number of benzene rings is 3. The number of halogens is 1. The van der Waals surface area contributed by atoms with Crippen LogP contribution in [0.25, 0.3) is 16.3 Å². The first kappa shape index (κ1) is 63.4. The Morgan fingerprint density at radius 2 is 1.44 bits per heavy atom. The Hall–Kier alpha value is -4.83. The summed E-state index contributed by atoms with van der Waals surface area (Å²) < 4.78 is 137. The summed E-state index contributed by atoms with van der Waals surface area (Å²) in [6, 6.07) is 12.1. The molecule has 0 aromatic heterocycles. The maximum absolute atomic E-state index is 12.8. The number of aryl methyl sites for hydroxylation is 1.